The maximum Gasteiger partial charge on any atom is 0.0468 e. The summed E-state index contributed by atoms with van der Waals surface area (Å²) in [5, 5.41) is 12.6. The highest BCUT2D eigenvalue weighted by Gasteiger charge is 2.17. The Bertz CT molecular complexity index is 3090. The van der Waals surface area contributed by atoms with E-state index in [1.807, 2.05) is 11.3 Å². The molecule has 1 heterocycles. The molecule has 1 nitrogen and oxygen atoms in total. The molecule has 0 aliphatic carbocycles. The van der Waals surface area contributed by atoms with Gasteiger partial charge in [0.25, 0.3) is 0 Å². The van der Waals surface area contributed by atoms with E-state index < -0.39 is 0 Å². The zero-order chi connectivity index (χ0) is 35.6. The lowest BCUT2D eigenvalue weighted by Crippen LogP contribution is -2.10. The van der Waals surface area contributed by atoms with Crippen molar-refractivity contribution in [3.8, 4) is 22.3 Å². The summed E-state index contributed by atoms with van der Waals surface area (Å²) in [5.74, 6) is 0. The van der Waals surface area contributed by atoms with E-state index in [2.05, 4.69) is 205 Å². The van der Waals surface area contributed by atoms with Crippen LogP contribution < -0.4 is 4.90 Å². The number of thiophene rings is 1. The number of fused-ring (bicyclic) bond motifs is 9. The Morgan fingerprint density at radius 3 is 1.22 bits per heavy atom. The highest BCUT2D eigenvalue weighted by molar-refractivity contribution is 7.26. The molecule has 0 radical (unpaired) electrons. The van der Waals surface area contributed by atoms with Gasteiger partial charge in [-0.05, 0) is 102 Å². The first-order chi connectivity index (χ1) is 26.8. The van der Waals surface area contributed by atoms with Gasteiger partial charge in [-0.2, -0.15) is 0 Å². The Hall–Kier alpha value is -6.74. The maximum atomic E-state index is 2.42. The molecule has 11 aromatic rings. The van der Waals surface area contributed by atoms with Gasteiger partial charge in [-0.1, -0.05) is 164 Å². The molecule has 0 bridgehead atoms. The van der Waals surface area contributed by atoms with E-state index in [0.29, 0.717) is 0 Å². The summed E-state index contributed by atoms with van der Waals surface area (Å²) in [4.78, 5) is 2.42. The van der Waals surface area contributed by atoms with Crippen molar-refractivity contribution in [3.63, 3.8) is 0 Å². The molecule has 0 amide bonds. The van der Waals surface area contributed by atoms with Gasteiger partial charge in [-0.25, -0.2) is 0 Å². The second-order valence-electron chi connectivity index (χ2n) is 14.1. The van der Waals surface area contributed by atoms with Crippen molar-refractivity contribution >= 4 is 91.7 Å². The fraction of sp³-hybridized carbons (Fsp3) is 0. The second kappa shape index (κ2) is 12.4. The molecule has 2 heteroatoms. The maximum absolute atomic E-state index is 2.42. The fourth-order valence-corrected chi connectivity index (χ4v) is 9.76. The number of benzene rings is 10. The summed E-state index contributed by atoms with van der Waals surface area (Å²) >= 11 is 1.90. The molecule has 0 saturated heterocycles. The van der Waals surface area contributed by atoms with E-state index in [4.69, 9.17) is 0 Å². The van der Waals surface area contributed by atoms with E-state index in [0.717, 1.165) is 17.1 Å². The summed E-state index contributed by atoms with van der Waals surface area (Å²) < 4.78 is 2.66. The molecule has 0 N–H and O–H groups in total. The number of hydrogen-bond acceptors (Lipinski definition) is 2. The molecule has 0 saturated carbocycles. The second-order valence-corrected chi connectivity index (χ2v) is 15.1. The van der Waals surface area contributed by atoms with Gasteiger partial charge in [-0.3, -0.25) is 0 Å². The fourth-order valence-electron chi connectivity index (χ4n) is 8.39. The minimum Gasteiger partial charge on any atom is -0.310 e. The average molecular weight is 704 g/mol. The van der Waals surface area contributed by atoms with Crippen molar-refractivity contribution in [2.24, 2.45) is 0 Å². The minimum absolute atomic E-state index is 1.12. The van der Waals surface area contributed by atoms with Crippen LogP contribution in [-0.4, -0.2) is 0 Å². The minimum atomic E-state index is 1.12. The topological polar surface area (TPSA) is 3.24 Å². The third-order valence-corrected chi connectivity index (χ3v) is 12.3. The van der Waals surface area contributed by atoms with Crippen molar-refractivity contribution in [3.05, 3.63) is 200 Å². The predicted octanol–water partition coefficient (Wildman–Crippen LogP) is 15.5. The van der Waals surface area contributed by atoms with Crippen molar-refractivity contribution < 1.29 is 0 Å². The van der Waals surface area contributed by atoms with Crippen LogP contribution >= 0.6 is 11.3 Å². The molecule has 0 unspecified atom stereocenters. The van der Waals surface area contributed by atoms with Gasteiger partial charge in [0.1, 0.15) is 0 Å². The molecule has 0 aliphatic heterocycles. The highest BCUT2D eigenvalue weighted by atomic mass is 32.1. The van der Waals surface area contributed by atoms with Gasteiger partial charge in [0, 0.05) is 37.2 Å². The summed E-state index contributed by atoms with van der Waals surface area (Å²) in [6.45, 7) is 0. The molecular weight excluding hydrogens is 671 g/mol. The van der Waals surface area contributed by atoms with Gasteiger partial charge >= 0.3 is 0 Å². The van der Waals surface area contributed by atoms with Crippen LogP contribution in [0.15, 0.2) is 200 Å². The Morgan fingerprint density at radius 1 is 0.278 bits per heavy atom. The van der Waals surface area contributed by atoms with E-state index in [1.54, 1.807) is 0 Å². The third kappa shape index (κ3) is 4.99. The molecule has 252 valence electrons. The molecule has 0 atom stereocenters. The summed E-state index contributed by atoms with van der Waals surface area (Å²) in [7, 11) is 0. The monoisotopic (exact) mass is 703 g/mol. The number of anilines is 3. The zero-order valence-corrected chi connectivity index (χ0v) is 30.2. The van der Waals surface area contributed by atoms with E-state index >= 15 is 0 Å². The number of nitrogens with zero attached hydrogens (tertiary/aromatic N) is 1. The van der Waals surface area contributed by atoms with E-state index in [9.17, 15) is 0 Å². The van der Waals surface area contributed by atoms with E-state index in [1.165, 1.54) is 85.5 Å². The van der Waals surface area contributed by atoms with Gasteiger partial charge in [0.15, 0.2) is 0 Å². The molecular formula is C52H33NS. The zero-order valence-electron chi connectivity index (χ0n) is 29.4. The quantitative estimate of drug-likeness (QED) is 0.161. The van der Waals surface area contributed by atoms with Gasteiger partial charge < -0.3 is 4.90 Å². The van der Waals surface area contributed by atoms with Crippen molar-refractivity contribution in [2.45, 2.75) is 0 Å². The molecule has 0 aliphatic rings. The molecule has 0 fully saturated rings. The lowest BCUT2D eigenvalue weighted by atomic mass is 9.99. The highest BCUT2D eigenvalue weighted by Crippen LogP contribution is 2.45. The van der Waals surface area contributed by atoms with E-state index in [-0.39, 0.29) is 0 Å². The number of rotatable bonds is 5. The Kier molecular flexibility index (Phi) is 7.11. The molecule has 10 aromatic carbocycles. The molecule has 11 rings (SSSR count). The predicted molar refractivity (Wildman–Crippen MR) is 235 cm³/mol. The Balaban J connectivity index is 1.08. The summed E-state index contributed by atoms with van der Waals surface area (Å²) in [6.07, 6.45) is 0. The van der Waals surface area contributed by atoms with Crippen LogP contribution in [0.1, 0.15) is 0 Å². The summed E-state index contributed by atoms with van der Waals surface area (Å²) in [5.41, 5.74) is 8.40. The molecule has 54 heavy (non-hydrogen) atoms. The van der Waals surface area contributed by atoms with Gasteiger partial charge in [0.2, 0.25) is 0 Å². The van der Waals surface area contributed by atoms with Crippen LogP contribution in [0.25, 0.3) is 85.5 Å². The first-order valence-electron chi connectivity index (χ1n) is 18.5. The number of hydrogen-bond donors (Lipinski definition) is 0. The van der Waals surface area contributed by atoms with Crippen LogP contribution in [0.5, 0.6) is 0 Å². The van der Waals surface area contributed by atoms with Crippen LogP contribution in [-0.2, 0) is 0 Å². The lowest BCUT2D eigenvalue weighted by molar-refractivity contribution is 1.30. The van der Waals surface area contributed by atoms with Crippen molar-refractivity contribution in [2.75, 3.05) is 4.90 Å². The largest absolute Gasteiger partial charge is 0.310 e. The van der Waals surface area contributed by atoms with Crippen LogP contribution in [0, 0.1) is 0 Å². The first-order valence-corrected chi connectivity index (χ1v) is 19.3. The first kappa shape index (κ1) is 30.8. The van der Waals surface area contributed by atoms with Crippen LogP contribution in [0.2, 0.25) is 0 Å². The smallest absolute Gasteiger partial charge is 0.0468 e. The van der Waals surface area contributed by atoms with Gasteiger partial charge in [-0.15, -0.1) is 11.3 Å². The molecule has 0 spiro atoms. The van der Waals surface area contributed by atoms with Crippen molar-refractivity contribution in [1.29, 1.82) is 0 Å². The summed E-state index contributed by atoms with van der Waals surface area (Å²) in [6, 6.07) is 73.5. The standard InChI is InChI=1S/C52H33NS/c1-2-10-34(11-3-1)45-16-8-18-47-48-19-9-17-46(52(48)54-51(45)47)37-24-28-40(29-25-37)53(41-30-26-38-22-20-35-12-4-6-14-43(35)49(38)32-41)42-31-27-39-23-21-36-13-5-7-15-44(36)50(39)33-42/h1-33H. The average Bonchev–Trinajstić information content (AvgIpc) is 3.64. The Labute approximate surface area is 317 Å². The van der Waals surface area contributed by atoms with Crippen LogP contribution in [0.4, 0.5) is 17.1 Å². The normalized spacial score (nSPS) is 11.7. The van der Waals surface area contributed by atoms with Crippen molar-refractivity contribution in [1.82, 2.24) is 0 Å². The Morgan fingerprint density at radius 2 is 0.685 bits per heavy atom. The molecule has 1 aromatic heterocycles. The van der Waals surface area contributed by atoms with Crippen LogP contribution in [0.3, 0.4) is 0 Å². The third-order valence-electron chi connectivity index (χ3n) is 11.0. The lowest BCUT2D eigenvalue weighted by Gasteiger charge is -2.27. The SMILES string of the molecule is c1ccc(-c2cccc3c2sc2c(-c4ccc(N(c5ccc6ccc7ccccc7c6c5)c5ccc6ccc7ccccc7c6c5)cc4)cccc23)cc1. The van der Waals surface area contributed by atoms with Gasteiger partial charge in [0.05, 0.1) is 0 Å².